The van der Waals surface area contributed by atoms with Crippen LogP contribution in [-0.4, -0.2) is 14.5 Å². The highest BCUT2D eigenvalue weighted by molar-refractivity contribution is 9.10. The summed E-state index contributed by atoms with van der Waals surface area (Å²) in [6, 6.07) is 11.5. The van der Waals surface area contributed by atoms with Crippen LogP contribution in [0.1, 0.15) is 11.3 Å². The van der Waals surface area contributed by atoms with E-state index in [4.69, 9.17) is 5.73 Å². The Kier molecular flexibility index (Phi) is 3.47. The van der Waals surface area contributed by atoms with E-state index in [1.54, 1.807) is 10.6 Å². The zero-order valence-electron chi connectivity index (χ0n) is 11.4. The minimum absolute atomic E-state index is 0.135. The molecular weight excluding hydrogens is 332 g/mol. The molecule has 3 aromatic rings. The lowest BCUT2D eigenvalue weighted by Crippen LogP contribution is -2.23. The van der Waals surface area contributed by atoms with Crippen molar-refractivity contribution in [1.82, 2.24) is 14.5 Å². The van der Waals surface area contributed by atoms with Gasteiger partial charge in [0.25, 0.3) is 5.56 Å². The molecule has 0 spiro atoms. The molecule has 6 heteroatoms. The first kappa shape index (κ1) is 13.8. The number of rotatable bonds is 2. The van der Waals surface area contributed by atoms with Gasteiger partial charge in [-0.15, -0.1) is 0 Å². The maximum atomic E-state index is 12.4. The van der Waals surface area contributed by atoms with Crippen molar-refractivity contribution >= 4 is 32.9 Å². The van der Waals surface area contributed by atoms with E-state index in [1.807, 2.05) is 37.3 Å². The largest absolute Gasteiger partial charge is 0.368 e. The third kappa shape index (κ3) is 2.54. The number of hydrogen-bond donors (Lipinski definition) is 1. The number of nitrogens with zero attached hydrogens (tertiary/aromatic N) is 3. The topological polar surface area (TPSA) is 73.8 Å². The van der Waals surface area contributed by atoms with Crippen LogP contribution in [0.25, 0.3) is 11.0 Å². The molecule has 0 aliphatic heterocycles. The average molecular weight is 345 g/mol. The first-order chi connectivity index (χ1) is 10.1. The van der Waals surface area contributed by atoms with Crippen molar-refractivity contribution in [1.29, 1.82) is 0 Å². The van der Waals surface area contributed by atoms with Crippen molar-refractivity contribution in [3.63, 3.8) is 0 Å². The molecule has 106 valence electrons. The smallest absolute Gasteiger partial charge is 0.266 e. The Morgan fingerprint density at radius 1 is 1.24 bits per heavy atom. The molecule has 5 nitrogen and oxygen atoms in total. The Balaban J connectivity index is 2.29. The number of nitrogen functional groups attached to an aromatic ring is 1. The van der Waals surface area contributed by atoms with E-state index in [1.165, 1.54) is 0 Å². The molecule has 0 aliphatic rings. The van der Waals surface area contributed by atoms with Crippen molar-refractivity contribution in [2.45, 2.75) is 13.5 Å². The van der Waals surface area contributed by atoms with Gasteiger partial charge < -0.3 is 5.73 Å². The number of fused-ring (bicyclic) bond motifs is 1. The van der Waals surface area contributed by atoms with Crippen molar-refractivity contribution in [3.05, 3.63) is 62.5 Å². The lowest BCUT2D eigenvalue weighted by atomic mass is 10.2. The predicted molar refractivity (Wildman–Crippen MR) is 86.2 cm³/mol. The summed E-state index contributed by atoms with van der Waals surface area (Å²) in [6.07, 6.45) is 0. The number of pyridine rings is 1. The molecule has 3 rings (SSSR count). The van der Waals surface area contributed by atoms with Gasteiger partial charge in [0.05, 0.1) is 16.7 Å². The second kappa shape index (κ2) is 5.29. The van der Waals surface area contributed by atoms with Crippen LogP contribution in [0.5, 0.6) is 0 Å². The summed E-state index contributed by atoms with van der Waals surface area (Å²) in [6.45, 7) is 2.29. The van der Waals surface area contributed by atoms with Crippen LogP contribution >= 0.6 is 15.9 Å². The van der Waals surface area contributed by atoms with E-state index in [-0.39, 0.29) is 11.5 Å². The van der Waals surface area contributed by atoms with Gasteiger partial charge in [0.15, 0.2) is 0 Å². The number of halogens is 1. The van der Waals surface area contributed by atoms with E-state index < -0.39 is 0 Å². The summed E-state index contributed by atoms with van der Waals surface area (Å²) in [5, 5.41) is 0.812. The number of nitrogens with two attached hydrogens (primary N) is 1. The maximum Gasteiger partial charge on any atom is 0.266 e. The lowest BCUT2D eigenvalue weighted by molar-refractivity contribution is 0.777. The van der Waals surface area contributed by atoms with Gasteiger partial charge in [-0.3, -0.25) is 9.36 Å². The van der Waals surface area contributed by atoms with Gasteiger partial charge in [0.1, 0.15) is 5.65 Å². The second-order valence-electron chi connectivity index (χ2n) is 4.77. The van der Waals surface area contributed by atoms with Crippen LogP contribution in [0.2, 0.25) is 0 Å². The number of aromatic nitrogens is 3. The highest BCUT2D eigenvalue weighted by Gasteiger charge is 2.12. The van der Waals surface area contributed by atoms with Gasteiger partial charge in [0, 0.05) is 5.39 Å². The minimum Gasteiger partial charge on any atom is -0.368 e. The molecule has 0 saturated heterocycles. The third-order valence-electron chi connectivity index (χ3n) is 3.29. The first-order valence-corrected chi connectivity index (χ1v) is 7.22. The molecule has 0 atom stereocenters. The van der Waals surface area contributed by atoms with Gasteiger partial charge in [-0.1, -0.05) is 30.3 Å². The quantitative estimate of drug-likeness (QED) is 0.774. The van der Waals surface area contributed by atoms with Crippen LogP contribution in [0.3, 0.4) is 0 Å². The molecule has 2 N–H and O–H groups in total. The molecule has 1 aromatic carbocycles. The first-order valence-electron chi connectivity index (χ1n) is 6.43. The van der Waals surface area contributed by atoms with Crippen molar-refractivity contribution in [2.24, 2.45) is 0 Å². The number of benzene rings is 1. The molecule has 0 bridgehead atoms. The van der Waals surface area contributed by atoms with E-state index in [9.17, 15) is 4.79 Å². The molecule has 0 fully saturated rings. The highest BCUT2D eigenvalue weighted by Crippen LogP contribution is 2.19. The molecular formula is C15H13BrN4O. The SMILES string of the molecule is Cc1nc(N)nc2c1cc(Br)c(=O)n2Cc1ccccc1. The Bertz CT molecular complexity index is 874. The summed E-state index contributed by atoms with van der Waals surface area (Å²) in [7, 11) is 0. The van der Waals surface area contributed by atoms with E-state index >= 15 is 0 Å². The van der Waals surface area contributed by atoms with Gasteiger partial charge >= 0.3 is 0 Å². The highest BCUT2D eigenvalue weighted by atomic mass is 79.9. The van der Waals surface area contributed by atoms with E-state index in [2.05, 4.69) is 25.9 Å². The molecule has 0 radical (unpaired) electrons. The van der Waals surface area contributed by atoms with Crippen LogP contribution < -0.4 is 11.3 Å². The normalized spacial score (nSPS) is 11.0. The predicted octanol–water partition coefficient (Wildman–Crippen LogP) is 2.49. The average Bonchev–Trinajstić information content (AvgIpc) is 2.46. The van der Waals surface area contributed by atoms with Crippen LogP contribution in [0, 0.1) is 6.92 Å². The molecule has 2 heterocycles. The van der Waals surface area contributed by atoms with Crippen LogP contribution in [0.15, 0.2) is 45.7 Å². The zero-order chi connectivity index (χ0) is 15.0. The summed E-state index contributed by atoms with van der Waals surface area (Å²) in [5.41, 5.74) is 7.92. The number of aryl methyl sites for hydroxylation is 1. The fraction of sp³-hybridized carbons (Fsp3) is 0.133. The van der Waals surface area contributed by atoms with Crippen molar-refractivity contribution < 1.29 is 0 Å². The van der Waals surface area contributed by atoms with Gasteiger partial charge in [-0.2, -0.15) is 4.98 Å². The van der Waals surface area contributed by atoms with Crippen molar-refractivity contribution in [3.8, 4) is 0 Å². The van der Waals surface area contributed by atoms with Crippen molar-refractivity contribution in [2.75, 3.05) is 5.73 Å². The molecule has 0 aliphatic carbocycles. The standard InChI is InChI=1S/C15H13BrN4O/c1-9-11-7-12(16)14(21)20(13(11)19-15(17)18-9)8-10-5-3-2-4-6-10/h2-7H,8H2,1H3,(H2,17,18,19). The summed E-state index contributed by atoms with van der Waals surface area (Å²) < 4.78 is 2.10. The fourth-order valence-electron chi connectivity index (χ4n) is 2.29. The third-order valence-corrected chi connectivity index (χ3v) is 3.86. The van der Waals surface area contributed by atoms with Gasteiger partial charge in [-0.25, -0.2) is 4.98 Å². The molecule has 0 unspecified atom stereocenters. The molecule has 2 aromatic heterocycles. The van der Waals surface area contributed by atoms with E-state index in [0.29, 0.717) is 16.7 Å². The van der Waals surface area contributed by atoms with Crippen LogP contribution in [-0.2, 0) is 6.54 Å². The fourth-order valence-corrected chi connectivity index (χ4v) is 2.73. The lowest BCUT2D eigenvalue weighted by Gasteiger charge is -2.12. The number of anilines is 1. The maximum absolute atomic E-state index is 12.4. The number of hydrogen-bond acceptors (Lipinski definition) is 4. The summed E-state index contributed by atoms with van der Waals surface area (Å²) >= 11 is 3.31. The summed E-state index contributed by atoms with van der Waals surface area (Å²) in [5.74, 6) is 0.170. The molecule has 21 heavy (non-hydrogen) atoms. The van der Waals surface area contributed by atoms with Crippen LogP contribution in [0.4, 0.5) is 5.95 Å². The Labute approximate surface area is 129 Å². The van der Waals surface area contributed by atoms with Gasteiger partial charge in [0.2, 0.25) is 5.95 Å². The summed E-state index contributed by atoms with van der Waals surface area (Å²) in [4.78, 5) is 20.8. The minimum atomic E-state index is -0.135. The monoisotopic (exact) mass is 344 g/mol. The molecule has 0 saturated carbocycles. The van der Waals surface area contributed by atoms with Gasteiger partial charge in [-0.05, 0) is 34.5 Å². The second-order valence-corrected chi connectivity index (χ2v) is 5.63. The Hall–Kier alpha value is -2.21. The zero-order valence-corrected chi connectivity index (χ0v) is 13.0. The van der Waals surface area contributed by atoms with E-state index in [0.717, 1.165) is 16.6 Å². The Morgan fingerprint density at radius 3 is 2.67 bits per heavy atom. The Morgan fingerprint density at radius 2 is 1.95 bits per heavy atom. The molecule has 0 amide bonds.